The highest BCUT2D eigenvalue weighted by molar-refractivity contribution is 5.72. The van der Waals surface area contributed by atoms with Crippen LogP contribution in [0.3, 0.4) is 0 Å². The van der Waals surface area contributed by atoms with Crippen molar-refractivity contribution in [2.45, 2.75) is 58.3 Å². The van der Waals surface area contributed by atoms with Gasteiger partial charge in [0.2, 0.25) is 0 Å². The molecule has 29 heavy (non-hydrogen) atoms. The lowest BCUT2D eigenvalue weighted by Gasteiger charge is -2.28. The molecule has 0 aromatic heterocycles. The lowest BCUT2D eigenvalue weighted by Crippen LogP contribution is -2.43. The fraction of sp³-hybridized carbons (Fsp3) is 0.435. The van der Waals surface area contributed by atoms with Crippen LogP contribution in [0.1, 0.15) is 56.4 Å². The van der Waals surface area contributed by atoms with E-state index in [1.54, 1.807) is 18.2 Å². The first-order chi connectivity index (χ1) is 13.7. The topological polar surface area (TPSA) is 99.0 Å². The molecular weight excluding hydrogens is 370 g/mol. The molecule has 0 saturated heterocycles. The third-order valence-corrected chi connectivity index (χ3v) is 4.66. The summed E-state index contributed by atoms with van der Waals surface area (Å²) >= 11 is 0. The molecule has 2 aromatic rings. The molecule has 0 aliphatic carbocycles. The number of hydrogen-bond donors (Lipinski definition) is 4. The molecule has 0 fully saturated rings. The van der Waals surface area contributed by atoms with E-state index < -0.39 is 6.10 Å². The van der Waals surface area contributed by atoms with Gasteiger partial charge in [0.25, 0.3) is 0 Å². The summed E-state index contributed by atoms with van der Waals surface area (Å²) < 4.78 is 5.36. The maximum absolute atomic E-state index is 11.7. The van der Waals surface area contributed by atoms with E-state index in [0.29, 0.717) is 36.3 Å². The van der Waals surface area contributed by atoms with Crippen LogP contribution in [0.5, 0.6) is 11.5 Å². The maximum atomic E-state index is 11.7. The number of rotatable bonds is 10. The van der Waals surface area contributed by atoms with Crippen molar-refractivity contribution in [3.63, 3.8) is 0 Å². The van der Waals surface area contributed by atoms with Crippen molar-refractivity contribution in [2.24, 2.45) is 0 Å². The average Bonchev–Trinajstić information content (AvgIpc) is 2.66. The SMILES string of the molecule is CCCC(=O)Oc1cccc(CC(C)(C)NC[C@H](O)c2ccc(O)c(CO)c2)c1. The minimum Gasteiger partial charge on any atom is -0.508 e. The van der Waals surface area contributed by atoms with Crippen molar-refractivity contribution in [3.05, 3.63) is 59.2 Å². The van der Waals surface area contributed by atoms with Crippen molar-refractivity contribution in [1.82, 2.24) is 5.32 Å². The number of β-amino-alcohol motifs (C(OH)–C–C–N with tert-alkyl or cyclic N) is 1. The molecule has 0 bridgehead atoms. The molecule has 0 heterocycles. The van der Waals surface area contributed by atoms with Gasteiger partial charge in [-0.2, -0.15) is 0 Å². The van der Waals surface area contributed by atoms with E-state index in [1.165, 1.54) is 6.07 Å². The Morgan fingerprint density at radius 1 is 1.21 bits per heavy atom. The fourth-order valence-corrected chi connectivity index (χ4v) is 3.11. The van der Waals surface area contributed by atoms with Crippen LogP contribution in [0.25, 0.3) is 0 Å². The monoisotopic (exact) mass is 401 g/mol. The van der Waals surface area contributed by atoms with E-state index in [1.807, 2.05) is 39.0 Å². The van der Waals surface area contributed by atoms with Crippen LogP contribution < -0.4 is 10.1 Å². The summed E-state index contributed by atoms with van der Waals surface area (Å²) in [5, 5.41) is 32.8. The highest BCUT2D eigenvalue weighted by atomic mass is 16.5. The Morgan fingerprint density at radius 2 is 1.97 bits per heavy atom. The second-order valence-corrected chi connectivity index (χ2v) is 7.88. The van der Waals surface area contributed by atoms with Gasteiger partial charge in [-0.05, 0) is 62.1 Å². The van der Waals surface area contributed by atoms with E-state index in [2.05, 4.69) is 5.32 Å². The number of ether oxygens (including phenoxy) is 1. The molecular formula is C23H31NO5. The van der Waals surface area contributed by atoms with Gasteiger partial charge in [-0.15, -0.1) is 0 Å². The first-order valence-electron chi connectivity index (χ1n) is 9.89. The Bertz CT molecular complexity index is 819. The zero-order valence-corrected chi connectivity index (χ0v) is 17.3. The smallest absolute Gasteiger partial charge is 0.311 e. The summed E-state index contributed by atoms with van der Waals surface area (Å²) in [6.07, 6.45) is 1.04. The Morgan fingerprint density at radius 3 is 2.66 bits per heavy atom. The summed E-state index contributed by atoms with van der Waals surface area (Å²) in [6, 6.07) is 12.2. The number of carbonyl (C=O) groups excluding carboxylic acids is 1. The van der Waals surface area contributed by atoms with Gasteiger partial charge < -0.3 is 25.4 Å². The number of aliphatic hydroxyl groups excluding tert-OH is 2. The summed E-state index contributed by atoms with van der Waals surface area (Å²) in [4.78, 5) is 11.7. The number of carbonyl (C=O) groups is 1. The Balaban J connectivity index is 1.96. The second kappa shape index (κ2) is 10.4. The van der Waals surface area contributed by atoms with E-state index in [-0.39, 0.29) is 23.9 Å². The van der Waals surface area contributed by atoms with Gasteiger partial charge in [-0.1, -0.05) is 25.1 Å². The molecule has 0 radical (unpaired) electrons. The number of nitrogens with one attached hydrogen (secondary N) is 1. The molecule has 6 nitrogen and oxygen atoms in total. The molecule has 158 valence electrons. The van der Waals surface area contributed by atoms with E-state index >= 15 is 0 Å². The second-order valence-electron chi connectivity index (χ2n) is 7.88. The van der Waals surface area contributed by atoms with Gasteiger partial charge in [0, 0.05) is 24.1 Å². The van der Waals surface area contributed by atoms with Gasteiger partial charge in [-0.3, -0.25) is 4.79 Å². The van der Waals surface area contributed by atoms with Crippen LogP contribution in [0.15, 0.2) is 42.5 Å². The molecule has 2 rings (SSSR count). The highest BCUT2D eigenvalue weighted by Gasteiger charge is 2.20. The Kier molecular flexibility index (Phi) is 8.20. The number of benzene rings is 2. The summed E-state index contributed by atoms with van der Waals surface area (Å²) in [5.74, 6) is 0.315. The van der Waals surface area contributed by atoms with Crippen molar-refractivity contribution >= 4 is 5.97 Å². The Hall–Kier alpha value is -2.41. The van der Waals surface area contributed by atoms with Gasteiger partial charge in [0.05, 0.1) is 12.7 Å². The van der Waals surface area contributed by atoms with Gasteiger partial charge in [0.1, 0.15) is 11.5 Å². The van der Waals surface area contributed by atoms with E-state index in [0.717, 1.165) is 12.0 Å². The fourth-order valence-electron chi connectivity index (χ4n) is 3.11. The molecule has 0 spiro atoms. The van der Waals surface area contributed by atoms with Gasteiger partial charge in [0.15, 0.2) is 0 Å². The predicted molar refractivity (Wildman–Crippen MR) is 112 cm³/mol. The molecule has 0 unspecified atom stereocenters. The standard InChI is InChI=1S/C23H31NO5/c1-4-6-22(28)29-19-8-5-7-16(11-19)13-23(2,3)24-14-21(27)17-9-10-20(26)18(12-17)15-25/h5,7-12,21,24-27H,4,6,13-15H2,1-3H3/t21-/m0/s1. The summed E-state index contributed by atoms with van der Waals surface area (Å²) in [7, 11) is 0. The predicted octanol–water partition coefficient (Wildman–Crippen LogP) is 3.23. The van der Waals surface area contributed by atoms with Crippen molar-refractivity contribution in [1.29, 1.82) is 0 Å². The zero-order chi connectivity index (χ0) is 21.4. The van der Waals surface area contributed by atoms with Crippen LogP contribution in [-0.4, -0.2) is 33.4 Å². The minimum absolute atomic E-state index is 0.0104. The van der Waals surface area contributed by atoms with Crippen LogP contribution in [0.4, 0.5) is 0 Å². The molecule has 6 heteroatoms. The molecule has 4 N–H and O–H groups in total. The number of hydrogen-bond acceptors (Lipinski definition) is 6. The van der Waals surface area contributed by atoms with E-state index in [4.69, 9.17) is 4.74 Å². The Labute approximate surface area is 172 Å². The lowest BCUT2D eigenvalue weighted by molar-refractivity contribution is -0.134. The van der Waals surface area contributed by atoms with Crippen LogP contribution in [0.2, 0.25) is 0 Å². The normalized spacial score (nSPS) is 12.6. The maximum Gasteiger partial charge on any atom is 0.311 e. The average molecular weight is 402 g/mol. The highest BCUT2D eigenvalue weighted by Crippen LogP contribution is 2.23. The van der Waals surface area contributed by atoms with Crippen molar-refractivity contribution in [3.8, 4) is 11.5 Å². The summed E-state index contributed by atoms with van der Waals surface area (Å²) in [5.41, 5.74) is 1.71. The van der Waals surface area contributed by atoms with Crippen molar-refractivity contribution in [2.75, 3.05) is 6.54 Å². The molecule has 0 saturated carbocycles. The number of aromatic hydroxyl groups is 1. The zero-order valence-electron chi connectivity index (χ0n) is 17.3. The van der Waals surface area contributed by atoms with Gasteiger partial charge in [-0.25, -0.2) is 0 Å². The lowest BCUT2D eigenvalue weighted by atomic mass is 9.94. The van der Waals surface area contributed by atoms with Crippen molar-refractivity contribution < 1.29 is 24.9 Å². The van der Waals surface area contributed by atoms with Crippen LogP contribution >= 0.6 is 0 Å². The number of aliphatic hydroxyl groups is 2. The quantitative estimate of drug-likeness (QED) is 0.360. The van der Waals surface area contributed by atoms with Crippen LogP contribution in [-0.2, 0) is 17.8 Å². The minimum atomic E-state index is -0.776. The van der Waals surface area contributed by atoms with Gasteiger partial charge >= 0.3 is 5.97 Å². The first kappa shape index (κ1) is 22.9. The van der Waals surface area contributed by atoms with Crippen LogP contribution in [0, 0.1) is 0 Å². The number of esters is 1. The molecule has 1 atom stereocenters. The first-order valence-corrected chi connectivity index (χ1v) is 9.89. The third-order valence-electron chi connectivity index (χ3n) is 4.66. The molecule has 0 amide bonds. The van der Waals surface area contributed by atoms with E-state index in [9.17, 15) is 20.1 Å². The summed E-state index contributed by atoms with van der Waals surface area (Å²) in [6.45, 7) is 6.03. The molecule has 2 aromatic carbocycles. The molecule has 0 aliphatic rings. The third kappa shape index (κ3) is 7.16. The largest absolute Gasteiger partial charge is 0.508 e. The molecule has 0 aliphatic heterocycles. The number of phenols is 1.